The van der Waals surface area contributed by atoms with Gasteiger partial charge in [-0.15, -0.1) is 0 Å². The number of hydrogen-bond donors (Lipinski definition) is 1. The number of non-ortho nitro benzene ring substituents is 1. The van der Waals surface area contributed by atoms with Crippen LogP contribution < -0.4 is 5.32 Å². The minimum atomic E-state index is -0.796. The summed E-state index contributed by atoms with van der Waals surface area (Å²) in [4.78, 5) is 36.7. The van der Waals surface area contributed by atoms with Crippen LogP contribution in [0.1, 0.15) is 38.2 Å². The minimum Gasteiger partial charge on any atom is -0.323 e. The van der Waals surface area contributed by atoms with E-state index in [1.54, 1.807) is 12.1 Å². The lowest BCUT2D eigenvalue weighted by Crippen LogP contribution is -2.53. The van der Waals surface area contributed by atoms with Gasteiger partial charge in [0.25, 0.3) is 11.6 Å². The number of benzene rings is 1. The summed E-state index contributed by atoms with van der Waals surface area (Å²) >= 11 is 0. The van der Waals surface area contributed by atoms with Gasteiger partial charge in [-0.1, -0.05) is 31.9 Å². The molecule has 1 spiro atoms. The highest BCUT2D eigenvalue weighted by atomic mass is 16.6. The molecular weight excluding hydrogens is 298 g/mol. The number of amides is 3. The molecule has 122 valence electrons. The number of nitrogens with one attached hydrogen (secondary N) is 1. The summed E-state index contributed by atoms with van der Waals surface area (Å²) in [7, 11) is 0. The van der Waals surface area contributed by atoms with Gasteiger partial charge in [0.05, 0.1) is 11.5 Å². The van der Waals surface area contributed by atoms with Crippen LogP contribution in [0.4, 0.5) is 10.5 Å². The van der Waals surface area contributed by atoms with Crippen molar-refractivity contribution in [3.8, 4) is 0 Å². The molecule has 1 heterocycles. The Hall–Kier alpha value is -2.44. The summed E-state index contributed by atoms with van der Waals surface area (Å²) in [6.45, 7) is 2.05. The van der Waals surface area contributed by atoms with Crippen LogP contribution in [0.3, 0.4) is 0 Å². The molecule has 0 aromatic heterocycles. The molecule has 1 aromatic rings. The third-order valence-electron chi connectivity index (χ3n) is 4.96. The molecular formula is C16H19N3O4. The highest BCUT2D eigenvalue weighted by Crippen LogP contribution is 2.38. The molecule has 3 rings (SSSR count). The third kappa shape index (κ3) is 2.56. The van der Waals surface area contributed by atoms with Crippen molar-refractivity contribution in [2.75, 3.05) is 0 Å². The molecule has 1 saturated heterocycles. The molecule has 2 aliphatic rings. The van der Waals surface area contributed by atoms with Crippen LogP contribution in [0.25, 0.3) is 0 Å². The van der Waals surface area contributed by atoms with E-state index in [0.29, 0.717) is 12.0 Å². The van der Waals surface area contributed by atoms with Crippen LogP contribution >= 0.6 is 0 Å². The monoisotopic (exact) mass is 317 g/mol. The van der Waals surface area contributed by atoms with Gasteiger partial charge in [0.2, 0.25) is 0 Å². The van der Waals surface area contributed by atoms with Gasteiger partial charge in [-0.05, 0) is 24.3 Å². The van der Waals surface area contributed by atoms with E-state index in [2.05, 4.69) is 5.32 Å². The molecule has 2 atom stereocenters. The van der Waals surface area contributed by atoms with Gasteiger partial charge < -0.3 is 5.32 Å². The summed E-state index contributed by atoms with van der Waals surface area (Å²) in [5.74, 6) is -0.107. The first kappa shape index (κ1) is 15.5. The van der Waals surface area contributed by atoms with Crippen molar-refractivity contribution >= 4 is 17.6 Å². The van der Waals surface area contributed by atoms with Gasteiger partial charge in [-0.3, -0.25) is 19.8 Å². The molecule has 1 N–H and O–H groups in total. The molecule has 3 amide bonds. The maximum atomic E-state index is 12.8. The van der Waals surface area contributed by atoms with Crippen LogP contribution in [-0.4, -0.2) is 27.3 Å². The van der Waals surface area contributed by atoms with E-state index in [1.807, 2.05) is 6.92 Å². The molecule has 7 nitrogen and oxygen atoms in total. The van der Waals surface area contributed by atoms with Crippen molar-refractivity contribution in [2.24, 2.45) is 5.92 Å². The first-order valence-corrected chi connectivity index (χ1v) is 7.81. The predicted octanol–water partition coefficient (Wildman–Crippen LogP) is 2.60. The highest BCUT2D eigenvalue weighted by molar-refractivity contribution is 6.07. The zero-order chi connectivity index (χ0) is 16.6. The zero-order valence-electron chi connectivity index (χ0n) is 12.9. The number of nitrogens with zero attached hydrogens (tertiary/aromatic N) is 2. The van der Waals surface area contributed by atoms with E-state index in [9.17, 15) is 19.7 Å². The summed E-state index contributed by atoms with van der Waals surface area (Å²) in [6.07, 6.45) is 3.55. The number of nitro groups is 1. The van der Waals surface area contributed by atoms with Crippen molar-refractivity contribution < 1.29 is 14.5 Å². The smallest absolute Gasteiger partial charge is 0.323 e. The molecule has 0 unspecified atom stereocenters. The quantitative estimate of drug-likeness (QED) is 0.527. The van der Waals surface area contributed by atoms with Crippen LogP contribution in [0.15, 0.2) is 24.3 Å². The summed E-state index contributed by atoms with van der Waals surface area (Å²) in [5, 5.41) is 13.7. The Morgan fingerprint density at radius 1 is 1.39 bits per heavy atom. The molecule has 1 saturated carbocycles. The third-order valence-corrected chi connectivity index (χ3v) is 4.96. The zero-order valence-corrected chi connectivity index (χ0v) is 12.9. The number of hydrogen-bond acceptors (Lipinski definition) is 4. The fourth-order valence-electron chi connectivity index (χ4n) is 3.59. The standard InChI is InChI=1S/C16H19N3O4/c1-11-5-2-3-8-16(11)14(20)18(15(21)17-16)10-12-6-4-7-13(9-12)19(22)23/h4,6-7,9,11H,2-3,5,8,10H2,1H3,(H,17,21)/t11-,16+/m0/s1. The van der Waals surface area contributed by atoms with E-state index >= 15 is 0 Å². The minimum absolute atomic E-state index is 0.0460. The summed E-state index contributed by atoms with van der Waals surface area (Å²) in [5.41, 5.74) is -0.269. The molecule has 0 bridgehead atoms. The van der Waals surface area contributed by atoms with E-state index in [0.717, 1.165) is 19.3 Å². The number of rotatable bonds is 3. The van der Waals surface area contributed by atoms with Crippen molar-refractivity contribution in [3.05, 3.63) is 39.9 Å². The Morgan fingerprint density at radius 3 is 2.87 bits per heavy atom. The van der Waals surface area contributed by atoms with E-state index < -0.39 is 16.5 Å². The number of nitro benzene ring substituents is 1. The largest absolute Gasteiger partial charge is 0.325 e. The molecule has 1 aliphatic carbocycles. The normalized spacial score (nSPS) is 27.3. The predicted molar refractivity (Wildman–Crippen MR) is 82.5 cm³/mol. The highest BCUT2D eigenvalue weighted by Gasteiger charge is 2.54. The van der Waals surface area contributed by atoms with Crippen molar-refractivity contribution in [2.45, 2.75) is 44.7 Å². The average molecular weight is 317 g/mol. The van der Waals surface area contributed by atoms with Gasteiger partial charge >= 0.3 is 6.03 Å². The van der Waals surface area contributed by atoms with E-state index in [4.69, 9.17) is 0 Å². The first-order valence-electron chi connectivity index (χ1n) is 7.81. The maximum Gasteiger partial charge on any atom is 0.325 e. The van der Waals surface area contributed by atoms with Crippen LogP contribution in [0.2, 0.25) is 0 Å². The summed E-state index contributed by atoms with van der Waals surface area (Å²) in [6, 6.07) is 5.62. The molecule has 2 fully saturated rings. The van der Waals surface area contributed by atoms with Crippen LogP contribution in [0.5, 0.6) is 0 Å². The van der Waals surface area contributed by atoms with Crippen LogP contribution in [-0.2, 0) is 11.3 Å². The van der Waals surface area contributed by atoms with Gasteiger partial charge in [-0.2, -0.15) is 0 Å². The SMILES string of the molecule is C[C@H]1CCCC[C@@]12NC(=O)N(Cc1cccc([N+](=O)[O-])c1)C2=O. The second-order valence-electron chi connectivity index (χ2n) is 6.37. The lowest BCUT2D eigenvalue weighted by Gasteiger charge is -2.36. The summed E-state index contributed by atoms with van der Waals surface area (Å²) < 4.78 is 0. The Kier molecular flexibility index (Phi) is 3.79. The number of urea groups is 1. The topological polar surface area (TPSA) is 92.6 Å². The lowest BCUT2D eigenvalue weighted by molar-refractivity contribution is -0.384. The van der Waals surface area contributed by atoms with Crippen molar-refractivity contribution in [3.63, 3.8) is 0 Å². The number of carbonyl (C=O) groups excluding carboxylic acids is 2. The van der Waals surface area contributed by atoms with Gasteiger partial charge in [0.15, 0.2) is 0 Å². The Labute approximate surface area is 133 Å². The van der Waals surface area contributed by atoms with E-state index in [-0.39, 0.29) is 24.1 Å². The van der Waals surface area contributed by atoms with E-state index in [1.165, 1.54) is 17.0 Å². The second-order valence-corrected chi connectivity index (χ2v) is 6.37. The van der Waals surface area contributed by atoms with Crippen molar-refractivity contribution in [1.29, 1.82) is 0 Å². The fraction of sp³-hybridized carbons (Fsp3) is 0.500. The van der Waals surface area contributed by atoms with Gasteiger partial charge in [-0.25, -0.2) is 4.79 Å². The molecule has 7 heteroatoms. The molecule has 1 aromatic carbocycles. The Morgan fingerprint density at radius 2 is 2.17 bits per heavy atom. The Bertz CT molecular complexity index is 675. The lowest BCUT2D eigenvalue weighted by atomic mass is 9.73. The second kappa shape index (κ2) is 5.64. The maximum absolute atomic E-state index is 12.8. The van der Waals surface area contributed by atoms with Crippen molar-refractivity contribution in [1.82, 2.24) is 10.2 Å². The Balaban J connectivity index is 1.84. The number of carbonyl (C=O) groups is 2. The molecule has 0 radical (unpaired) electrons. The fourth-order valence-corrected chi connectivity index (χ4v) is 3.59. The van der Waals surface area contributed by atoms with Gasteiger partial charge in [0, 0.05) is 12.1 Å². The first-order chi connectivity index (χ1) is 10.9. The molecule has 23 heavy (non-hydrogen) atoms. The number of imide groups is 1. The molecule has 1 aliphatic heterocycles. The van der Waals surface area contributed by atoms with Crippen LogP contribution in [0, 0.1) is 16.0 Å². The van der Waals surface area contributed by atoms with Gasteiger partial charge in [0.1, 0.15) is 5.54 Å². The average Bonchev–Trinajstić information content (AvgIpc) is 2.76.